The number of benzene rings is 3. The number of carbonyl (C=O) groups excluding carboxylic acids is 1. The summed E-state index contributed by atoms with van der Waals surface area (Å²) in [5.74, 6) is -0.458. The lowest BCUT2D eigenvalue weighted by molar-refractivity contribution is -0.112. The summed E-state index contributed by atoms with van der Waals surface area (Å²) in [6.07, 6.45) is 1.41. The van der Waals surface area contributed by atoms with Crippen molar-refractivity contribution in [2.75, 3.05) is 5.32 Å². The monoisotopic (exact) mass is 510 g/mol. The SMILES string of the molecule is Cc1ccc(NC(=O)/C(C#N)=C\c2ccc(OS(=O)(=O)c3ccc(C)cc3)c(Br)c2)cc1. The summed E-state index contributed by atoms with van der Waals surface area (Å²) in [6.45, 7) is 3.79. The highest BCUT2D eigenvalue weighted by Crippen LogP contribution is 2.30. The molecule has 1 amide bonds. The highest BCUT2D eigenvalue weighted by Gasteiger charge is 2.18. The molecule has 0 radical (unpaired) electrons. The number of anilines is 1. The molecule has 8 heteroatoms. The lowest BCUT2D eigenvalue weighted by atomic mass is 10.1. The highest BCUT2D eigenvalue weighted by molar-refractivity contribution is 9.10. The molecular weight excluding hydrogens is 492 g/mol. The fraction of sp³-hybridized carbons (Fsp3) is 0.0833. The molecule has 162 valence electrons. The molecule has 0 heterocycles. The predicted molar refractivity (Wildman–Crippen MR) is 127 cm³/mol. The first-order chi connectivity index (χ1) is 15.2. The van der Waals surface area contributed by atoms with Gasteiger partial charge in [0.25, 0.3) is 5.91 Å². The van der Waals surface area contributed by atoms with E-state index in [0.717, 1.165) is 11.1 Å². The molecule has 0 fully saturated rings. The van der Waals surface area contributed by atoms with E-state index in [1.807, 2.05) is 32.0 Å². The normalized spacial score (nSPS) is 11.5. The van der Waals surface area contributed by atoms with Crippen LogP contribution in [0.3, 0.4) is 0 Å². The van der Waals surface area contributed by atoms with Crippen molar-refractivity contribution in [3.63, 3.8) is 0 Å². The second-order valence-corrected chi connectivity index (χ2v) is 9.43. The van der Waals surface area contributed by atoms with E-state index >= 15 is 0 Å². The van der Waals surface area contributed by atoms with Gasteiger partial charge in [0.15, 0.2) is 5.75 Å². The minimum Gasteiger partial charge on any atom is -0.378 e. The molecule has 6 nitrogen and oxygen atoms in total. The van der Waals surface area contributed by atoms with Crippen molar-refractivity contribution in [1.29, 1.82) is 5.26 Å². The number of aryl methyl sites for hydroxylation is 2. The number of hydrogen-bond donors (Lipinski definition) is 1. The quantitative estimate of drug-likeness (QED) is 0.272. The smallest absolute Gasteiger partial charge is 0.339 e. The van der Waals surface area contributed by atoms with Gasteiger partial charge >= 0.3 is 10.1 Å². The molecule has 3 aromatic carbocycles. The van der Waals surface area contributed by atoms with Gasteiger partial charge in [0.1, 0.15) is 16.5 Å². The summed E-state index contributed by atoms with van der Waals surface area (Å²) < 4.78 is 30.6. The molecule has 0 aliphatic heterocycles. The molecule has 0 saturated carbocycles. The number of rotatable bonds is 6. The Morgan fingerprint density at radius 3 is 2.16 bits per heavy atom. The van der Waals surface area contributed by atoms with Gasteiger partial charge in [-0.2, -0.15) is 13.7 Å². The van der Waals surface area contributed by atoms with E-state index in [1.54, 1.807) is 36.4 Å². The average molecular weight is 511 g/mol. The third-order valence-corrected chi connectivity index (χ3v) is 6.32. The summed E-state index contributed by atoms with van der Waals surface area (Å²) in [6, 6.07) is 20.0. The predicted octanol–water partition coefficient (Wildman–Crippen LogP) is 5.38. The van der Waals surface area contributed by atoms with Crippen LogP contribution in [0.5, 0.6) is 5.75 Å². The summed E-state index contributed by atoms with van der Waals surface area (Å²) in [7, 11) is -4.01. The summed E-state index contributed by atoms with van der Waals surface area (Å²) in [5, 5.41) is 12.1. The van der Waals surface area contributed by atoms with Crippen LogP contribution in [0.1, 0.15) is 16.7 Å². The second-order valence-electron chi connectivity index (χ2n) is 7.03. The van der Waals surface area contributed by atoms with Gasteiger partial charge < -0.3 is 9.50 Å². The molecule has 0 bridgehead atoms. The highest BCUT2D eigenvalue weighted by atomic mass is 79.9. The largest absolute Gasteiger partial charge is 0.378 e. The maximum absolute atomic E-state index is 12.5. The Morgan fingerprint density at radius 1 is 1.00 bits per heavy atom. The molecule has 0 unspecified atom stereocenters. The lowest BCUT2D eigenvalue weighted by Crippen LogP contribution is -2.13. The van der Waals surface area contributed by atoms with E-state index in [-0.39, 0.29) is 16.2 Å². The summed E-state index contributed by atoms with van der Waals surface area (Å²) >= 11 is 3.29. The maximum atomic E-state index is 12.5. The number of nitrogens with one attached hydrogen (secondary N) is 1. The van der Waals surface area contributed by atoms with E-state index in [4.69, 9.17) is 4.18 Å². The van der Waals surface area contributed by atoms with E-state index in [0.29, 0.717) is 15.7 Å². The molecule has 32 heavy (non-hydrogen) atoms. The topological polar surface area (TPSA) is 96.3 Å². The first-order valence-corrected chi connectivity index (χ1v) is 11.7. The van der Waals surface area contributed by atoms with Crippen LogP contribution in [0.25, 0.3) is 6.08 Å². The fourth-order valence-electron chi connectivity index (χ4n) is 2.70. The molecule has 0 aliphatic rings. The second kappa shape index (κ2) is 9.81. The third-order valence-electron chi connectivity index (χ3n) is 4.45. The van der Waals surface area contributed by atoms with Crippen LogP contribution in [-0.2, 0) is 14.9 Å². The van der Waals surface area contributed by atoms with Crippen LogP contribution in [0.4, 0.5) is 5.69 Å². The zero-order chi connectivity index (χ0) is 23.3. The molecule has 1 N–H and O–H groups in total. The van der Waals surface area contributed by atoms with Crippen molar-refractivity contribution < 1.29 is 17.4 Å². The molecule has 0 aromatic heterocycles. The number of nitrogens with zero attached hydrogens (tertiary/aromatic N) is 1. The van der Waals surface area contributed by atoms with Crippen LogP contribution in [0.15, 0.2) is 81.7 Å². The van der Waals surface area contributed by atoms with Gasteiger partial charge in [-0.05, 0) is 77.8 Å². The van der Waals surface area contributed by atoms with Crippen molar-refractivity contribution in [3.05, 3.63) is 93.5 Å². The van der Waals surface area contributed by atoms with Crippen molar-refractivity contribution in [2.45, 2.75) is 18.7 Å². The van der Waals surface area contributed by atoms with Crippen molar-refractivity contribution in [1.82, 2.24) is 0 Å². The Hall–Kier alpha value is -3.41. The lowest BCUT2D eigenvalue weighted by Gasteiger charge is -2.10. The fourth-order valence-corrected chi connectivity index (χ4v) is 4.23. The Balaban J connectivity index is 1.79. The Bertz CT molecular complexity index is 1320. The molecular formula is C24H19BrN2O4S. The van der Waals surface area contributed by atoms with Crippen LogP contribution >= 0.6 is 15.9 Å². The van der Waals surface area contributed by atoms with Crippen molar-refractivity contribution in [2.24, 2.45) is 0 Å². The average Bonchev–Trinajstić information content (AvgIpc) is 2.75. The maximum Gasteiger partial charge on any atom is 0.339 e. The number of hydrogen-bond acceptors (Lipinski definition) is 5. The minimum atomic E-state index is -4.01. The molecule has 0 saturated heterocycles. The van der Waals surface area contributed by atoms with Crippen molar-refractivity contribution in [3.8, 4) is 11.8 Å². The Labute approximate surface area is 195 Å². The number of amides is 1. The number of nitriles is 1. The van der Waals surface area contributed by atoms with Crippen LogP contribution < -0.4 is 9.50 Å². The van der Waals surface area contributed by atoms with Crippen LogP contribution in [0, 0.1) is 25.2 Å². The van der Waals surface area contributed by atoms with Gasteiger partial charge in [0.2, 0.25) is 0 Å². The summed E-state index contributed by atoms with van der Waals surface area (Å²) in [5.41, 5.74) is 2.98. The zero-order valence-electron chi connectivity index (χ0n) is 17.3. The van der Waals surface area contributed by atoms with Crippen LogP contribution in [0.2, 0.25) is 0 Å². The van der Waals surface area contributed by atoms with E-state index in [2.05, 4.69) is 21.2 Å². The van der Waals surface area contributed by atoms with Gasteiger partial charge in [0, 0.05) is 5.69 Å². The van der Waals surface area contributed by atoms with Crippen molar-refractivity contribution >= 4 is 43.7 Å². The van der Waals surface area contributed by atoms with E-state index in [9.17, 15) is 18.5 Å². The Morgan fingerprint density at radius 2 is 1.59 bits per heavy atom. The first-order valence-electron chi connectivity index (χ1n) is 9.48. The first kappa shape index (κ1) is 23.3. The Kier molecular flexibility index (Phi) is 7.13. The van der Waals surface area contributed by atoms with Gasteiger partial charge in [-0.1, -0.05) is 41.5 Å². The third kappa shape index (κ3) is 5.84. The minimum absolute atomic E-state index is 0.0403. The van der Waals surface area contributed by atoms with Gasteiger partial charge in [-0.25, -0.2) is 0 Å². The number of halogens is 1. The van der Waals surface area contributed by atoms with E-state index < -0.39 is 16.0 Å². The zero-order valence-corrected chi connectivity index (χ0v) is 19.7. The standard InChI is InChI=1S/C24H19BrN2O4S/c1-16-3-8-20(9-4-16)27-24(28)19(15-26)13-18-7-12-23(22(25)14-18)31-32(29,30)21-10-5-17(2)6-11-21/h3-14H,1-2H3,(H,27,28)/b19-13-. The summed E-state index contributed by atoms with van der Waals surface area (Å²) in [4.78, 5) is 12.5. The molecule has 3 rings (SSSR count). The van der Waals surface area contributed by atoms with E-state index in [1.165, 1.54) is 24.3 Å². The molecule has 0 spiro atoms. The van der Waals surface area contributed by atoms with Gasteiger partial charge in [-0.15, -0.1) is 0 Å². The van der Waals surface area contributed by atoms with Gasteiger partial charge in [-0.3, -0.25) is 4.79 Å². The van der Waals surface area contributed by atoms with Gasteiger partial charge in [0.05, 0.1) is 4.47 Å². The molecule has 0 atom stereocenters. The number of carbonyl (C=O) groups is 1. The molecule has 0 aliphatic carbocycles. The molecule has 3 aromatic rings. The van der Waals surface area contributed by atoms with Crippen LogP contribution in [-0.4, -0.2) is 14.3 Å².